The minimum atomic E-state index is -3.89. The van der Waals surface area contributed by atoms with Crippen molar-refractivity contribution in [2.24, 2.45) is 0 Å². The largest absolute Gasteiger partial charge is 0.465 e. The van der Waals surface area contributed by atoms with Crippen molar-refractivity contribution in [2.75, 3.05) is 17.6 Å². The molecule has 0 aliphatic carbocycles. The van der Waals surface area contributed by atoms with Crippen molar-refractivity contribution in [1.82, 2.24) is 0 Å². The molecule has 0 saturated heterocycles. The van der Waals surface area contributed by atoms with Crippen molar-refractivity contribution >= 4 is 38.7 Å². The fourth-order valence-electron chi connectivity index (χ4n) is 1.70. The second-order valence-corrected chi connectivity index (χ2v) is 6.85. The van der Waals surface area contributed by atoms with Crippen molar-refractivity contribution < 1.29 is 17.9 Å². The van der Waals surface area contributed by atoms with Crippen LogP contribution in [0.5, 0.6) is 0 Å². The van der Waals surface area contributed by atoms with E-state index in [0.717, 1.165) is 16.9 Å². The maximum Gasteiger partial charge on any atom is 0.349 e. The highest BCUT2D eigenvalue weighted by molar-refractivity contribution is 7.93. The van der Waals surface area contributed by atoms with Crippen LogP contribution in [0.2, 0.25) is 0 Å². The van der Waals surface area contributed by atoms with E-state index in [1.54, 1.807) is 19.1 Å². The van der Waals surface area contributed by atoms with Gasteiger partial charge < -0.3 is 10.5 Å². The van der Waals surface area contributed by atoms with Crippen LogP contribution in [0.25, 0.3) is 0 Å². The molecule has 2 rings (SSSR count). The van der Waals surface area contributed by atoms with Crippen LogP contribution >= 0.6 is 11.3 Å². The highest BCUT2D eigenvalue weighted by Crippen LogP contribution is 2.27. The summed E-state index contributed by atoms with van der Waals surface area (Å²) in [5.41, 5.74) is 7.20. The summed E-state index contributed by atoms with van der Waals surface area (Å²) in [7, 11) is -2.69. The van der Waals surface area contributed by atoms with Crippen LogP contribution in [0.3, 0.4) is 0 Å². The number of sulfonamides is 1. The molecule has 3 N–H and O–H groups in total. The van der Waals surface area contributed by atoms with Gasteiger partial charge in [-0.2, -0.15) is 0 Å². The zero-order valence-electron chi connectivity index (χ0n) is 11.4. The van der Waals surface area contributed by atoms with E-state index in [-0.39, 0.29) is 9.77 Å². The minimum absolute atomic E-state index is 0.0338. The highest BCUT2D eigenvalue weighted by Gasteiger charge is 2.25. The lowest BCUT2D eigenvalue weighted by molar-refractivity contribution is 0.0602. The lowest BCUT2D eigenvalue weighted by Crippen LogP contribution is -2.16. The Kier molecular flexibility index (Phi) is 4.19. The third-order valence-corrected chi connectivity index (χ3v) is 5.23. The number of benzene rings is 1. The van der Waals surface area contributed by atoms with Crippen LogP contribution in [0.1, 0.15) is 15.2 Å². The summed E-state index contributed by atoms with van der Waals surface area (Å²) in [6.45, 7) is 1.76. The summed E-state index contributed by atoms with van der Waals surface area (Å²) in [4.78, 5) is 11.5. The first-order chi connectivity index (χ1) is 9.85. The fraction of sp³-hybridized carbons (Fsp3) is 0.154. The first-order valence-corrected chi connectivity index (χ1v) is 8.26. The van der Waals surface area contributed by atoms with Crippen molar-refractivity contribution in [3.63, 3.8) is 0 Å². The van der Waals surface area contributed by atoms with Crippen LogP contribution < -0.4 is 10.5 Å². The van der Waals surface area contributed by atoms with Gasteiger partial charge in [0.05, 0.1) is 12.8 Å². The SMILES string of the molecule is COC(=O)c1sccc1S(=O)(=O)Nc1cc(N)ccc1C. The van der Waals surface area contributed by atoms with E-state index in [1.807, 2.05) is 0 Å². The number of rotatable bonds is 4. The average Bonchev–Trinajstić information content (AvgIpc) is 2.92. The van der Waals surface area contributed by atoms with Crippen molar-refractivity contribution in [1.29, 1.82) is 0 Å². The number of nitrogens with two attached hydrogens (primary N) is 1. The number of ether oxygens (including phenoxy) is 1. The van der Waals surface area contributed by atoms with Gasteiger partial charge in [-0.25, -0.2) is 13.2 Å². The molecule has 0 aliphatic rings. The number of carbonyl (C=O) groups excluding carboxylic acids is 1. The van der Waals surface area contributed by atoms with E-state index in [4.69, 9.17) is 5.73 Å². The molecule has 0 atom stereocenters. The van der Waals surface area contributed by atoms with E-state index in [2.05, 4.69) is 9.46 Å². The molecular weight excluding hydrogens is 312 g/mol. The molecule has 1 aromatic carbocycles. The summed E-state index contributed by atoms with van der Waals surface area (Å²) in [5, 5.41) is 1.52. The van der Waals surface area contributed by atoms with Gasteiger partial charge in [0.1, 0.15) is 9.77 Å². The van der Waals surface area contributed by atoms with Crippen molar-refractivity contribution in [3.8, 4) is 0 Å². The molecule has 0 radical (unpaired) electrons. The maximum atomic E-state index is 12.4. The fourth-order valence-corrected chi connectivity index (χ4v) is 4.16. The zero-order valence-corrected chi connectivity index (χ0v) is 13.0. The van der Waals surface area contributed by atoms with Gasteiger partial charge in [-0.15, -0.1) is 11.3 Å². The Morgan fingerprint density at radius 2 is 2.05 bits per heavy atom. The standard InChI is InChI=1S/C13H14N2O4S2/c1-8-3-4-9(14)7-10(8)15-21(17,18)11-5-6-20-12(11)13(16)19-2/h3-7,15H,14H2,1-2H3. The van der Waals surface area contributed by atoms with Crippen LogP contribution in [-0.4, -0.2) is 21.5 Å². The van der Waals surface area contributed by atoms with Crippen LogP contribution in [0.15, 0.2) is 34.5 Å². The summed E-state index contributed by atoms with van der Waals surface area (Å²) < 4.78 is 31.9. The second-order valence-electron chi connectivity index (χ2n) is 4.29. The quantitative estimate of drug-likeness (QED) is 0.663. The third kappa shape index (κ3) is 3.17. The molecule has 21 heavy (non-hydrogen) atoms. The summed E-state index contributed by atoms with van der Waals surface area (Å²) in [5.74, 6) is -0.685. The van der Waals surface area contributed by atoms with Crippen LogP contribution in [-0.2, 0) is 14.8 Å². The van der Waals surface area contributed by atoms with Gasteiger partial charge in [-0.3, -0.25) is 4.72 Å². The van der Waals surface area contributed by atoms with Crippen LogP contribution in [0.4, 0.5) is 11.4 Å². The van der Waals surface area contributed by atoms with Crippen molar-refractivity contribution in [2.45, 2.75) is 11.8 Å². The van der Waals surface area contributed by atoms with Gasteiger partial charge in [-0.1, -0.05) is 6.07 Å². The molecule has 0 unspecified atom stereocenters. The van der Waals surface area contributed by atoms with E-state index in [1.165, 1.54) is 24.6 Å². The van der Waals surface area contributed by atoms with Crippen LogP contribution in [0, 0.1) is 6.92 Å². The highest BCUT2D eigenvalue weighted by atomic mass is 32.2. The molecule has 2 aromatic rings. The molecule has 0 saturated carbocycles. The Morgan fingerprint density at radius 1 is 1.33 bits per heavy atom. The molecular formula is C13H14N2O4S2. The zero-order chi connectivity index (χ0) is 15.6. The lowest BCUT2D eigenvalue weighted by atomic mass is 10.2. The molecule has 0 amide bonds. The van der Waals surface area contributed by atoms with E-state index < -0.39 is 16.0 Å². The van der Waals surface area contributed by atoms with Crippen molar-refractivity contribution in [3.05, 3.63) is 40.1 Å². The third-order valence-electron chi connectivity index (χ3n) is 2.80. The second kappa shape index (κ2) is 5.74. The Balaban J connectivity index is 2.42. The molecule has 8 heteroatoms. The Hall–Kier alpha value is -2.06. The normalized spacial score (nSPS) is 11.1. The predicted octanol–water partition coefficient (Wildman–Crippen LogP) is 2.23. The number of anilines is 2. The number of hydrogen-bond donors (Lipinski definition) is 2. The van der Waals surface area contributed by atoms with Gasteiger partial charge in [0.15, 0.2) is 0 Å². The van der Waals surface area contributed by atoms with E-state index in [0.29, 0.717) is 11.4 Å². The topological polar surface area (TPSA) is 98.5 Å². The molecule has 0 bridgehead atoms. The number of carbonyl (C=O) groups is 1. The summed E-state index contributed by atoms with van der Waals surface area (Å²) in [6, 6.07) is 6.28. The lowest BCUT2D eigenvalue weighted by Gasteiger charge is -2.11. The number of methoxy groups -OCH3 is 1. The summed E-state index contributed by atoms with van der Waals surface area (Å²) in [6.07, 6.45) is 0. The Bertz CT molecular complexity index is 781. The van der Waals surface area contributed by atoms with E-state index in [9.17, 15) is 13.2 Å². The molecule has 112 valence electrons. The average molecular weight is 326 g/mol. The molecule has 1 heterocycles. The number of thiophene rings is 1. The first-order valence-electron chi connectivity index (χ1n) is 5.90. The summed E-state index contributed by atoms with van der Waals surface area (Å²) >= 11 is 1.01. The number of aryl methyl sites for hydroxylation is 1. The van der Waals surface area contributed by atoms with Gasteiger partial charge >= 0.3 is 5.97 Å². The van der Waals surface area contributed by atoms with Gasteiger partial charge in [0.2, 0.25) is 0 Å². The molecule has 0 aliphatic heterocycles. The van der Waals surface area contributed by atoms with Gasteiger partial charge in [0.25, 0.3) is 10.0 Å². The predicted molar refractivity (Wildman–Crippen MR) is 82.1 cm³/mol. The smallest absolute Gasteiger partial charge is 0.349 e. The number of esters is 1. The van der Waals surface area contributed by atoms with Gasteiger partial charge in [0, 0.05) is 5.69 Å². The first kappa shape index (κ1) is 15.3. The molecule has 0 spiro atoms. The Labute approximate surface area is 126 Å². The number of nitrogen functional groups attached to an aromatic ring is 1. The molecule has 0 fully saturated rings. The monoisotopic (exact) mass is 326 g/mol. The number of hydrogen-bond acceptors (Lipinski definition) is 6. The number of nitrogens with one attached hydrogen (secondary N) is 1. The molecule has 1 aromatic heterocycles. The Morgan fingerprint density at radius 3 is 2.71 bits per heavy atom. The van der Waals surface area contributed by atoms with Gasteiger partial charge in [-0.05, 0) is 36.1 Å². The molecule has 6 nitrogen and oxygen atoms in total. The minimum Gasteiger partial charge on any atom is -0.465 e. The van der Waals surface area contributed by atoms with E-state index >= 15 is 0 Å². The maximum absolute atomic E-state index is 12.4.